The van der Waals surface area contributed by atoms with Crippen LogP contribution in [0.3, 0.4) is 0 Å². The molecular formula is C17H15IN2O4. The van der Waals surface area contributed by atoms with Gasteiger partial charge in [0.1, 0.15) is 17.4 Å². The number of carbonyl (C=O) groups is 1. The van der Waals surface area contributed by atoms with Crippen LogP contribution < -0.4 is 10.1 Å². The third-order valence-electron chi connectivity index (χ3n) is 3.03. The second kappa shape index (κ2) is 8.40. The van der Waals surface area contributed by atoms with Crippen molar-refractivity contribution in [2.45, 2.75) is 13.5 Å². The van der Waals surface area contributed by atoms with E-state index in [4.69, 9.17) is 9.15 Å². The van der Waals surface area contributed by atoms with Crippen LogP contribution in [0.2, 0.25) is 0 Å². The van der Waals surface area contributed by atoms with Gasteiger partial charge >= 0.3 is 0 Å². The number of ether oxygens (including phenoxy) is 1. The van der Waals surface area contributed by atoms with Gasteiger partial charge in [-0.15, -0.1) is 0 Å². The minimum atomic E-state index is -0.505. The van der Waals surface area contributed by atoms with E-state index in [0.717, 1.165) is 0 Å². The van der Waals surface area contributed by atoms with E-state index in [1.807, 2.05) is 28.7 Å². The van der Waals surface area contributed by atoms with Gasteiger partial charge in [-0.05, 0) is 65.4 Å². The highest BCUT2D eigenvalue weighted by molar-refractivity contribution is 14.1. The van der Waals surface area contributed by atoms with Gasteiger partial charge in [-0.25, -0.2) is 0 Å². The lowest BCUT2D eigenvalue weighted by Gasteiger charge is -2.09. The zero-order valence-electron chi connectivity index (χ0n) is 12.9. The van der Waals surface area contributed by atoms with Crippen LogP contribution in [-0.4, -0.2) is 17.6 Å². The first-order valence-electron chi connectivity index (χ1n) is 7.12. The Bertz CT molecular complexity index is 792. The number of furan rings is 1. The molecule has 124 valence electrons. The Morgan fingerprint density at radius 1 is 1.54 bits per heavy atom. The van der Waals surface area contributed by atoms with Crippen molar-refractivity contribution in [2.24, 2.45) is 0 Å². The summed E-state index contributed by atoms with van der Waals surface area (Å²) in [6, 6.07) is 8.57. The van der Waals surface area contributed by atoms with Crippen molar-refractivity contribution in [3.05, 3.63) is 51.0 Å². The van der Waals surface area contributed by atoms with Gasteiger partial charge in [0.2, 0.25) is 0 Å². The van der Waals surface area contributed by atoms with Crippen molar-refractivity contribution in [1.29, 1.82) is 5.26 Å². The zero-order valence-corrected chi connectivity index (χ0v) is 15.0. The molecule has 0 aliphatic carbocycles. The minimum absolute atomic E-state index is 0.0374. The Hall–Kier alpha value is -2.47. The number of nitriles is 1. The molecule has 6 nitrogen and oxygen atoms in total. The molecule has 0 saturated heterocycles. The van der Waals surface area contributed by atoms with Gasteiger partial charge in [0.05, 0.1) is 23.0 Å². The standard InChI is InChI=1S/C17H15IN2O4/c1-2-23-15-8-11(7-14(18)16(15)21)6-12(9-19)17(22)20-10-13-4-3-5-24-13/h3-8,21H,2,10H2,1H3,(H,20,22)/b12-6-. The molecular weight excluding hydrogens is 423 g/mol. The highest BCUT2D eigenvalue weighted by atomic mass is 127. The minimum Gasteiger partial charge on any atom is -0.504 e. The fourth-order valence-corrected chi connectivity index (χ4v) is 2.56. The predicted octanol–water partition coefficient (Wildman–Crippen LogP) is 3.21. The summed E-state index contributed by atoms with van der Waals surface area (Å²) in [4.78, 5) is 12.1. The van der Waals surface area contributed by atoms with Gasteiger partial charge in [0, 0.05) is 0 Å². The van der Waals surface area contributed by atoms with E-state index in [0.29, 0.717) is 27.3 Å². The Morgan fingerprint density at radius 3 is 2.96 bits per heavy atom. The lowest BCUT2D eigenvalue weighted by molar-refractivity contribution is -0.117. The number of carbonyl (C=O) groups excluding carboxylic acids is 1. The summed E-state index contributed by atoms with van der Waals surface area (Å²) in [6.07, 6.45) is 2.96. The molecule has 0 bridgehead atoms. The Morgan fingerprint density at radius 2 is 2.33 bits per heavy atom. The SMILES string of the molecule is CCOc1cc(/C=C(/C#N)C(=O)NCc2ccco2)cc(I)c1O. The first kappa shape index (κ1) is 17.9. The summed E-state index contributed by atoms with van der Waals surface area (Å²) in [5.74, 6) is 0.438. The van der Waals surface area contributed by atoms with Gasteiger partial charge in [0.15, 0.2) is 11.5 Å². The summed E-state index contributed by atoms with van der Waals surface area (Å²) in [5, 5.41) is 21.8. The number of phenols is 1. The molecule has 2 N–H and O–H groups in total. The maximum Gasteiger partial charge on any atom is 0.262 e. The molecule has 1 amide bonds. The van der Waals surface area contributed by atoms with E-state index in [2.05, 4.69) is 5.32 Å². The number of nitrogens with zero attached hydrogens (tertiary/aromatic N) is 1. The first-order valence-corrected chi connectivity index (χ1v) is 8.20. The van der Waals surface area contributed by atoms with Crippen LogP contribution in [0.25, 0.3) is 6.08 Å². The topological polar surface area (TPSA) is 95.5 Å². The molecule has 0 fully saturated rings. The van der Waals surface area contributed by atoms with E-state index in [9.17, 15) is 15.2 Å². The van der Waals surface area contributed by atoms with Crippen LogP contribution in [-0.2, 0) is 11.3 Å². The lowest BCUT2D eigenvalue weighted by atomic mass is 10.1. The number of rotatable bonds is 6. The smallest absolute Gasteiger partial charge is 0.262 e. The van der Waals surface area contributed by atoms with Crippen molar-refractivity contribution in [2.75, 3.05) is 6.61 Å². The molecule has 0 unspecified atom stereocenters. The Balaban J connectivity index is 2.20. The maximum atomic E-state index is 12.1. The van der Waals surface area contributed by atoms with Crippen LogP contribution >= 0.6 is 22.6 Å². The monoisotopic (exact) mass is 438 g/mol. The maximum absolute atomic E-state index is 12.1. The summed E-state index contributed by atoms with van der Waals surface area (Å²) in [7, 11) is 0. The molecule has 7 heteroatoms. The predicted molar refractivity (Wildman–Crippen MR) is 96.1 cm³/mol. The molecule has 2 rings (SSSR count). The molecule has 0 saturated carbocycles. The van der Waals surface area contributed by atoms with Crippen LogP contribution in [0.4, 0.5) is 0 Å². The largest absolute Gasteiger partial charge is 0.504 e. The average Bonchev–Trinajstić information content (AvgIpc) is 3.08. The molecule has 24 heavy (non-hydrogen) atoms. The van der Waals surface area contributed by atoms with Crippen molar-refractivity contribution < 1.29 is 19.1 Å². The number of benzene rings is 1. The number of nitrogens with one attached hydrogen (secondary N) is 1. The molecule has 0 spiro atoms. The fraction of sp³-hybridized carbons (Fsp3) is 0.176. The quantitative estimate of drug-likeness (QED) is 0.410. The van der Waals surface area contributed by atoms with Crippen molar-refractivity contribution in [1.82, 2.24) is 5.32 Å². The van der Waals surface area contributed by atoms with Crippen LogP contribution in [0, 0.1) is 14.9 Å². The molecule has 0 radical (unpaired) electrons. The molecule has 0 aliphatic heterocycles. The summed E-state index contributed by atoms with van der Waals surface area (Å²) in [6.45, 7) is 2.39. The van der Waals surface area contributed by atoms with E-state index < -0.39 is 5.91 Å². The van der Waals surface area contributed by atoms with E-state index in [-0.39, 0.29) is 17.9 Å². The molecule has 1 aromatic heterocycles. The van der Waals surface area contributed by atoms with Gasteiger partial charge in [0.25, 0.3) is 5.91 Å². The zero-order chi connectivity index (χ0) is 17.5. The lowest BCUT2D eigenvalue weighted by Crippen LogP contribution is -2.23. The number of phenolic OH excluding ortho intramolecular Hbond substituents is 1. The van der Waals surface area contributed by atoms with Gasteiger partial charge in [-0.1, -0.05) is 0 Å². The number of amides is 1. The summed E-state index contributed by atoms with van der Waals surface area (Å²) in [5.41, 5.74) is 0.538. The van der Waals surface area contributed by atoms with Gasteiger partial charge < -0.3 is 19.6 Å². The fourth-order valence-electron chi connectivity index (χ4n) is 1.93. The second-order valence-electron chi connectivity index (χ2n) is 4.71. The Labute approximate surface area is 152 Å². The number of aromatic hydroxyl groups is 1. The number of hydrogen-bond acceptors (Lipinski definition) is 5. The van der Waals surface area contributed by atoms with Crippen molar-refractivity contribution >= 4 is 34.6 Å². The molecule has 1 heterocycles. The first-order chi connectivity index (χ1) is 11.5. The second-order valence-corrected chi connectivity index (χ2v) is 5.88. The Kier molecular flexibility index (Phi) is 6.26. The van der Waals surface area contributed by atoms with Crippen LogP contribution in [0.1, 0.15) is 18.2 Å². The number of hydrogen-bond donors (Lipinski definition) is 2. The van der Waals surface area contributed by atoms with E-state index in [1.54, 1.807) is 31.2 Å². The molecule has 0 atom stereocenters. The van der Waals surface area contributed by atoms with Gasteiger partial charge in [-0.2, -0.15) is 5.26 Å². The highest BCUT2D eigenvalue weighted by Crippen LogP contribution is 2.33. The van der Waals surface area contributed by atoms with Crippen molar-refractivity contribution in [3.63, 3.8) is 0 Å². The van der Waals surface area contributed by atoms with Crippen LogP contribution in [0.15, 0.2) is 40.5 Å². The third-order valence-corrected chi connectivity index (χ3v) is 3.85. The third kappa shape index (κ3) is 4.52. The van der Waals surface area contributed by atoms with E-state index >= 15 is 0 Å². The summed E-state index contributed by atoms with van der Waals surface area (Å²) >= 11 is 1.96. The summed E-state index contributed by atoms with van der Waals surface area (Å²) < 4.78 is 11.0. The van der Waals surface area contributed by atoms with Crippen molar-refractivity contribution in [3.8, 4) is 17.6 Å². The van der Waals surface area contributed by atoms with Crippen LogP contribution in [0.5, 0.6) is 11.5 Å². The molecule has 1 aromatic carbocycles. The number of halogens is 1. The average molecular weight is 438 g/mol. The molecule has 0 aliphatic rings. The van der Waals surface area contributed by atoms with Gasteiger partial charge in [-0.3, -0.25) is 4.79 Å². The molecule has 2 aromatic rings. The van der Waals surface area contributed by atoms with E-state index in [1.165, 1.54) is 12.3 Å². The normalized spacial score (nSPS) is 11.0. The highest BCUT2D eigenvalue weighted by Gasteiger charge is 2.12.